The molecule has 10 aliphatic rings. The first kappa shape index (κ1) is 67.1. The molecule has 0 aromatic carbocycles. The number of rotatable bonds is 14. The van der Waals surface area contributed by atoms with E-state index in [0.717, 1.165) is 0 Å². The van der Waals surface area contributed by atoms with Gasteiger partial charge in [-0.3, -0.25) is 0 Å². The molecule has 86 heavy (non-hydrogen) atoms. The van der Waals surface area contributed by atoms with Gasteiger partial charge in [-0.15, -0.1) is 0 Å². The van der Waals surface area contributed by atoms with E-state index < -0.39 is 212 Å². The minimum absolute atomic E-state index is 0.0406. The molecule has 28 heteroatoms. The summed E-state index contributed by atoms with van der Waals surface area (Å²) in [6, 6.07) is 0. The van der Waals surface area contributed by atoms with Gasteiger partial charge in [0.15, 0.2) is 37.6 Å². The lowest BCUT2D eigenvalue weighted by Crippen LogP contribution is -2.69. The van der Waals surface area contributed by atoms with Crippen molar-refractivity contribution in [2.75, 3.05) is 33.0 Å². The molecule has 5 aliphatic heterocycles. The van der Waals surface area contributed by atoms with Crippen molar-refractivity contribution in [1.82, 2.24) is 0 Å². The summed E-state index contributed by atoms with van der Waals surface area (Å²) in [5.41, 5.74) is -2.43. The van der Waals surface area contributed by atoms with E-state index in [9.17, 15) is 91.6 Å². The first-order valence-corrected chi connectivity index (χ1v) is 30.4. The molecule has 5 aliphatic carbocycles. The largest absolute Gasteiger partial charge is 0.479 e. The quantitative estimate of drug-likeness (QED) is 0.0576. The normalized spacial score (nSPS) is 55.7. The molecular weight excluding hydrogens is 1140 g/mol. The zero-order chi connectivity index (χ0) is 62.9. The molecule has 28 nitrogen and oxygen atoms in total. The van der Waals surface area contributed by atoms with Gasteiger partial charge in [0.05, 0.1) is 51.3 Å². The van der Waals surface area contributed by atoms with E-state index in [1.165, 1.54) is 5.57 Å². The zero-order valence-electron chi connectivity index (χ0n) is 49.6. The van der Waals surface area contributed by atoms with Gasteiger partial charge in [0.25, 0.3) is 0 Å². The van der Waals surface area contributed by atoms with E-state index in [2.05, 4.69) is 33.8 Å². The number of carbonyl (C=O) groups is 1. The Hall–Kier alpha value is -1.83. The number of hydrogen-bond donors (Lipinski definition) is 17. The lowest BCUT2D eigenvalue weighted by atomic mass is 9.33. The summed E-state index contributed by atoms with van der Waals surface area (Å²) in [6.45, 7) is 12.0. The molecule has 9 fully saturated rings. The Bertz CT molecular complexity index is 2410. The second kappa shape index (κ2) is 24.6. The van der Waals surface area contributed by atoms with Crippen LogP contribution in [0.1, 0.15) is 99.8 Å². The molecule has 34 atom stereocenters. The minimum atomic E-state index is -2.16. The number of aliphatic hydroxyl groups excluding tert-OH is 16. The van der Waals surface area contributed by atoms with Crippen molar-refractivity contribution in [3.05, 3.63) is 11.6 Å². The molecule has 5 unspecified atom stereocenters. The van der Waals surface area contributed by atoms with Crippen LogP contribution < -0.4 is 0 Å². The Balaban J connectivity index is 0.894. The van der Waals surface area contributed by atoms with Gasteiger partial charge in [0.2, 0.25) is 0 Å². The van der Waals surface area contributed by atoms with Crippen LogP contribution in [0.15, 0.2) is 11.6 Å². The van der Waals surface area contributed by atoms with Crippen LogP contribution in [-0.2, 0) is 52.2 Å². The first-order valence-electron chi connectivity index (χ1n) is 30.4. The van der Waals surface area contributed by atoms with Crippen molar-refractivity contribution in [2.24, 2.45) is 50.2 Å². The molecule has 0 amide bonds. The van der Waals surface area contributed by atoms with Crippen LogP contribution in [0.5, 0.6) is 0 Å². The number of aliphatic carboxylic acids is 1. The van der Waals surface area contributed by atoms with Crippen LogP contribution in [0, 0.1) is 50.2 Å². The monoisotopic (exact) mass is 1240 g/mol. The number of ether oxygens (including phenoxy) is 10. The van der Waals surface area contributed by atoms with E-state index in [0.29, 0.717) is 44.9 Å². The number of hydrogen-bond acceptors (Lipinski definition) is 27. The number of aliphatic hydroxyl groups is 16. The highest BCUT2D eigenvalue weighted by Crippen LogP contribution is 2.76. The maximum absolute atomic E-state index is 12.6. The molecule has 0 radical (unpaired) electrons. The highest BCUT2D eigenvalue weighted by molar-refractivity contribution is 5.73. The van der Waals surface area contributed by atoms with E-state index in [-0.39, 0.29) is 42.8 Å². The summed E-state index contributed by atoms with van der Waals surface area (Å²) < 4.78 is 60.1. The number of fused-ring (bicyclic) bond motifs is 7. The van der Waals surface area contributed by atoms with Crippen LogP contribution >= 0.6 is 0 Å². The second-order valence-corrected chi connectivity index (χ2v) is 28.3. The molecule has 4 saturated carbocycles. The number of carboxylic acid groups (broad SMARTS) is 1. The van der Waals surface area contributed by atoms with Crippen LogP contribution in [-0.4, -0.2) is 285 Å². The predicted molar refractivity (Wildman–Crippen MR) is 287 cm³/mol. The number of carboxylic acids is 1. The highest BCUT2D eigenvalue weighted by Gasteiger charge is 2.71. The van der Waals surface area contributed by atoms with Gasteiger partial charge in [-0.05, 0) is 90.8 Å². The first-order chi connectivity index (χ1) is 40.3. The maximum Gasteiger partial charge on any atom is 0.335 e. The summed E-state index contributed by atoms with van der Waals surface area (Å²) in [5.74, 6) is -1.99. The SMILES string of the molecule is CC1(C)CC2C3=CCC4[C@@]5(C)CCC(O[C@@H]6O[C@H](C(=O)O)[C@@H](O)[C@H](O)[C@H]6O[C@@H]6O[C@H](CO)[C@H](O)[C@H](O)[C@H]6O[C@@H]6O[C@H](CO)[C@@H](O)[C@H](O)[C@H]6O)[C@](C)(CO)C5CC[C@@]4(C)C3(C)CC[C@@]2(C)[C@H](O[C@@H]2OC[C@H](O)[C@H](O[C@@H]3OC[C@@H](O)[C@H](O)[C@H]3O)[C@H]2O)[C@@H]1O. The van der Waals surface area contributed by atoms with Gasteiger partial charge in [-0.1, -0.05) is 60.1 Å². The number of allylic oxidation sites excluding steroid dienone is 2. The Kier molecular flexibility index (Phi) is 19.2. The average Bonchev–Trinajstić information content (AvgIpc) is 0.730. The standard InChI is InChI=1S/C58H94O28/c1-53(2)16-23-22-8-9-29-55(4)12-11-30(81-52-44(37(70)36(69)42(83-52)47(75)76)85-51-43(35(68)33(66)27(18-60)80-51)84-50-39(72)34(67)32(65)26(17-59)79-50)56(5,21-61)28(55)10-13-58(29,7)57(22,6)15-14-54(23,3)46(45(53)74)86-49-40(73)41(25(63)20-78-49)82-48-38(71)31(64)24(62)19-77-48/h8,23-46,48-52,59-74H,9-21H2,1-7H3,(H,75,76)/t23?,24-,25+,26-,27-,28?,29?,30?,31+,32-,33+,34+,35+,36+,37+,38-,39-,40-,41+,42+,43-,44-,45+,46-,48+,49+,50+,51+,52-,54-,55+,56-,57?,58-/m1/s1. The van der Waals surface area contributed by atoms with Crippen molar-refractivity contribution in [1.29, 1.82) is 0 Å². The Morgan fingerprint density at radius 3 is 1.72 bits per heavy atom. The molecule has 5 heterocycles. The molecule has 10 rings (SSSR count). The van der Waals surface area contributed by atoms with E-state index in [1.807, 2.05) is 20.8 Å². The molecule has 5 saturated heterocycles. The zero-order valence-corrected chi connectivity index (χ0v) is 49.6. The third kappa shape index (κ3) is 10.9. The lowest BCUT2D eigenvalue weighted by Gasteiger charge is -2.72. The average molecular weight is 1240 g/mol. The Morgan fingerprint density at radius 2 is 1.09 bits per heavy atom. The summed E-state index contributed by atoms with van der Waals surface area (Å²) >= 11 is 0. The molecule has 0 aromatic heterocycles. The van der Waals surface area contributed by atoms with E-state index >= 15 is 0 Å². The smallest absolute Gasteiger partial charge is 0.335 e. The molecule has 0 aromatic rings. The maximum atomic E-state index is 12.6. The van der Waals surface area contributed by atoms with Crippen LogP contribution in [0.3, 0.4) is 0 Å². The van der Waals surface area contributed by atoms with Gasteiger partial charge < -0.3 is 134 Å². The van der Waals surface area contributed by atoms with Crippen LogP contribution in [0.4, 0.5) is 0 Å². The lowest BCUT2D eigenvalue weighted by molar-refractivity contribution is -0.397. The van der Waals surface area contributed by atoms with Crippen molar-refractivity contribution >= 4 is 5.97 Å². The van der Waals surface area contributed by atoms with Gasteiger partial charge in [-0.2, -0.15) is 0 Å². The molecule has 0 spiro atoms. The highest BCUT2D eigenvalue weighted by atomic mass is 16.8. The van der Waals surface area contributed by atoms with Crippen LogP contribution in [0.25, 0.3) is 0 Å². The molecular formula is C58H94O28. The van der Waals surface area contributed by atoms with Gasteiger partial charge >= 0.3 is 5.97 Å². The molecule has 494 valence electrons. The summed E-state index contributed by atoms with van der Waals surface area (Å²) in [5, 5.41) is 185. The Labute approximate surface area is 498 Å². The second-order valence-electron chi connectivity index (χ2n) is 28.3. The third-order valence-corrected chi connectivity index (χ3v) is 23.2. The summed E-state index contributed by atoms with van der Waals surface area (Å²) in [7, 11) is 0. The van der Waals surface area contributed by atoms with E-state index in [1.54, 1.807) is 0 Å². The van der Waals surface area contributed by atoms with Gasteiger partial charge in [0.1, 0.15) is 104 Å². The predicted octanol–water partition coefficient (Wildman–Crippen LogP) is -4.43. The summed E-state index contributed by atoms with van der Waals surface area (Å²) in [6.07, 6.45) is -36.5. The Morgan fingerprint density at radius 1 is 0.535 bits per heavy atom. The minimum Gasteiger partial charge on any atom is -0.479 e. The van der Waals surface area contributed by atoms with Gasteiger partial charge in [0, 0.05) is 10.8 Å². The fourth-order valence-corrected chi connectivity index (χ4v) is 17.6. The van der Waals surface area contributed by atoms with E-state index in [4.69, 9.17) is 47.4 Å². The van der Waals surface area contributed by atoms with Gasteiger partial charge in [-0.25, -0.2) is 4.79 Å². The fraction of sp³-hybridized carbons (Fsp3) is 0.948. The van der Waals surface area contributed by atoms with Crippen molar-refractivity contribution in [3.63, 3.8) is 0 Å². The molecule has 0 bridgehead atoms. The third-order valence-electron chi connectivity index (χ3n) is 23.2. The summed E-state index contributed by atoms with van der Waals surface area (Å²) in [4.78, 5) is 12.6. The van der Waals surface area contributed by atoms with Crippen molar-refractivity contribution < 1.29 is 139 Å². The van der Waals surface area contributed by atoms with Crippen LogP contribution in [0.2, 0.25) is 0 Å². The van der Waals surface area contributed by atoms with Crippen molar-refractivity contribution in [3.8, 4) is 0 Å². The topological polar surface area (TPSA) is 453 Å². The van der Waals surface area contributed by atoms with Crippen molar-refractivity contribution in [2.45, 2.75) is 259 Å². The molecule has 17 N–H and O–H groups in total. The fourth-order valence-electron chi connectivity index (χ4n) is 17.6.